The lowest BCUT2D eigenvalue weighted by atomic mass is 9.99. The van der Waals surface area contributed by atoms with Gasteiger partial charge in [-0.05, 0) is 59.9 Å². The Hall–Kier alpha value is -2.05. The average molecular weight is 334 g/mol. The van der Waals surface area contributed by atoms with Gasteiger partial charge in [0.05, 0.1) is 6.54 Å². The van der Waals surface area contributed by atoms with Crippen molar-refractivity contribution in [2.24, 2.45) is 0 Å². The van der Waals surface area contributed by atoms with Gasteiger partial charge in [-0.25, -0.2) is 4.79 Å². The first-order valence-electron chi connectivity index (χ1n) is 7.52. The molecule has 124 valence electrons. The van der Waals surface area contributed by atoms with E-state index in [2.05, 4.69) is 10.6 Å². The Balaban J connectivity index is 1.64. The number of hydrogen-bond acceptors (Lipinski definition) is 4. The number of aliphatic hydroxyl groups is 1. The molecule has 6 heteroatoms. The Labute approximate surface area is 140 Å². The van der Waals surface area contributed by atoms with Crippen LogP contribution in [-0.4, -0.2) is 29.3 Å². The van der Waals surface area contributed by atoms with Crippen molar-refractivity contribution in [3.63, 3.8) is 0 Å². The van der Waals surface area contributed by atoms with Crippen molar-refractivity contribution in [1.82, 2.24) is 10.6 Å². The fourth-order valence-electron chi connectivity index (χ4n) is 2.14. The van der Waals surface area contributed by atoms with Gasteiger partial charge in [-0.3, -0.25) is 0 Å². The van der Waals surface area contributed by atoms with Crippen LogP contribution >= 0.6 is 11.3 Å². The number of nitrogens with one attached hydrogen (secondary N) is 2. The highest BCUT2D eigenvalue weighted by atomic mass is 32.1. The number of rotatable bonds is 7. The minimum absolute atomic E-state index is 0.160. The second-order valence-corrected chi connectivity index (χ2v) is 6.45. The first kappa shape index (κ1) is 17.3. The number of aromatic hydroxyl groups is 1. The number of benzene rings is 1. The lowest BCUT2D eigenvalue weighted by molar-refractivity contribution is 0.0598. The highest BCUT2D eigenvalue weighted by Crippen LogP contribution is 2.21. The Bertz CT molecular complexity index is 609. The molecule has 0 aliphatic heterocycles. The zero-order chi connectivity index (χ0) is 16.7. The van der Waals surface area contributed by atoms with E-state index >= 15 is 0 Å². The minimum atomic E-state index is -1.07. The molecule has 0 aliphatic rings. The van der Waals surface area contributed by atoms with E-state index in [-0.39, 0.29) is 18.3 Å². The molecule has 2 amide bonds. The van der Waals surface area contributed by atoms with E-state index < -0.39 is 5.60 Å². The van der Waals surface area contributed by atoms with Gasteiger partial charge in [0.2, 0.25) is 0 Å². The first-order valence-corrected chi connectivity index (χ1v) is 8.46. The molecule has 4 N–H and O–H groups in total. The summed E-state index contributed by atoms with van der Waals surface area (Å²) >= 11 is 1.51. The van der Waals surface area contributed by atoms with Crippen molar-refractivity contribution < 1.29 is 15.0 Å². The standard InChI is InChI=1S/C17H22N2O3S/c1-17(22,14-8-10-23-11-14)12-19-16(21)18-9-2-3-13-4-6-15(20)7-5-13/h4-8,10-11,20,22H,2-3,9,12H2,1H3,(H2,18,19,21). The summed E-state index contributed by atoms with van der Waals surface area (Å²) in [5.41, 5.74) is 0.851. The third kappa shape index (κ3) is 5.58. The van der Waals surface area contributed by atoms with Gasteiger partial charge in [-0.15, -0.1) is 0 Å². The maximum atomic E-state index is 11.8. The quantitative estimate of drug-likeness (QED) is 0.588. The lowest BCUT2D eigenvalue weighted by Crippen LogP contribution is -2.43. The van der Waals surface area contributed by atoms with Crippen LogP contribution in [0.25, 0.3) is 0 Å². The van der Waals surface area contributed by atoms with Crippen LogP contribution in [0.4, 0.5) is 4.79 Å². The molecule has 1 heterocycles. The predicted octanol–water partition coefficient (Wildman–Crippen LogP) is 2.59. The Morgan fingerprint density at radius 1 is 1.22 bits per heavy atom. The van der Waals surface area contributed by atoms with E-state index in [4.69, 9.17) is 0 Å². The Morgan fingerprint density at radius 3 is 2.61 bits per heavy atom. The zero-order valence-corrected chi connectivity index (χ0v) is 13.9. The number of hydrogen-bond donors (Lipinski definition) is 4. The normalized spacial score (nSPS) is 13.3. The highest BCUT2D eigenvalue weighted by Gasteiger charge is 2.23. The van der Waals surface area contributed by atoms with Crippen LogP contribution in [0.3, 0.4) is 0 Å². The molecule has 0 bridgehead atoms. The molecule has 0 radical (unpaired) electrons. The van der Waals surface area contributed by atoms with Crippen LogP contribution < -0.4 is 10.6 Å². The third-order valence-electron chi connectivity index (χ3n) is 3.60. The van der Waals surface area contributed by atoms with Crippen LogP contribution in [0.15, 0.2) is 41.1 Å². The zero-order valence-electron chi connectivity index (χ0n) is 13.1. The summed E-state index contributed by atoms with van der Waals surface area (Å²) in [6, 6.07) is 8.61. The van der Waals surface area contributed by atoms with Crippen molar-refractivity contribution in [1.29, 1.82) is 0 Å². The molecule has 0 aliphatic carbocycles. The predicted molar refractivity (Wildman–Crippen MR) is 91.7 cm³/mol. The molecular formula is C17H22N2O3S. The number of aryl methyl sites for hydroxylation is 1. The number of phenolic OH excluding ortho intramolecular Hbond substituents is 1. The summed E-state index contributed by atoms with van der Waals surface area (Å²) < 4.78 is 0. The van der Waals surface area contributed by atoms with Crippen molar-refractivity contribution >= 4 is 17.4 Å². The van der Waals surface area contributed by atoms with Gasteiger partial charge >= 0.3 is 6.03 Å². The molecule has 1 unspecified atom stereocenters. The molecule has 5 nitrogen and oxygen atoms in total. The van der Waals surface area contributed by atoms with Gasteiger partial charge in [-0.2, -0.15) is 11.3 Å². The third-order valence-corrected chi connectivity index (χ3v) is 4.28. The number of thiophene rings is 1. The summed E-state index contributed by atoms with van der Waals surface area (Å²) in [6.07, 6.45) is 1.63. The second kappa shape index (κ2) is 7.99. The molecule has 1 atom stereocenters. The van der Waals surface area contributed by atoms with Crippen LogP contribution in [0.1, 0.15) is 24.5 Å². The molecule has 23 heavy (non-hydrogen) atoms. The Morgan fingerprint density at radius 2 is 1.96 bits per heavy atom. The summed E-state index contributed by atoms with van der Waals surface area (Å²) in [7, 11) is 0. The smallest absolute Gasteiger partial charge is 0.314 e. The summed E-state index contributed by atoms with van der Waals surface area (Å²) in [6.45, 7) is 2.39. The van der Waals surface area contributed by atoms with Crippen molar-refractivity contribution in [2.45, 2.75) is 25.4 Å². The largest absolute Gasteiger partial charge is 0.508 e. The average Bonchev–Trinajstić information content (AvgIpc) is 3.07. The van der Waals surface area contributed by atoms with E-state index in [0.717, 1.165) is 24.0 Å². The minimum Gasteiger partial charge on any atom is -0.508 e. The molecular weight excluding hydrogens is 312 g/mol. The first-order chi connectivity index (χ1) is 11.0. The van der Waals surface area contributed by atoms with E-state index in [1.54, 1.807) is 19.1 Å². The number of carbonyl (C=O) groups excluding carboxylic acids is 1. The van der Waals surface area contributed by atoms with Crippen LogP contribution in [-0.2, 0) is 12.0 Å². The van der Waals surface area contributed by atoms with Crippen molar-refractivity contribution in [3.05, 3.63) is 52.2 Å². The second-order valence-electron chi connectivity index (χ2n) is 5.67. The van der Waals surface area contributed by atoms with E-state index in [1.807, 2.05) is 29.0 Å². The van der Waals surface area contributed by atoms with Gasteiger partial charge in [0, 0.05) is 6.54 Å². The van der Waals surface area contributed by atoms with Gasteiger partial charge < -0.3 is 20.8 Å². The van der Waals surface area contributed by atoms with Gasteiger partial charge in [0.1, 0.15) is 11.4 Å². The molecule has 0 saturated heterocycles. The molecule has 0 saturated carbocycles. The maximum Gasteiger partial charge on any atom is 0.314 e. The maximum absolute atomic E-state index is 11.8. The van der Waals surface area contributed by atoms with E-state index in [0.29, 0.717) is 6.54 Å². The van der Waals surface area contributed by atoms with E-state index in [9.17, 15) is 15.0 Å². The van der Waals surface area contributed by atoms with Crippen LogP contribution in [0.2, 0.25) is 0 Å². The summed E-state index contributed by atoms with van der Waals surface area (Å²) in [5, 5.41) is 28.8. The van der Waals surface area contributed by atoms with Crippen molar-refractivity contribution in [3.8, 4) is 5.75 Å². The lowest BCUT2D eigenvalue weighted by Gasteiger charge is -2.22. The molecule has 0 fully saturated rings. The number of amides is 2. The highest BCUT2D eigenvalue weighted by molar-refractivity contribution is 7.08. The van der Waals surface area contributed by atoms with E-state index in [1.165, 1.54) is 11.3 Å². The fraction of sp³-hybridized carbons (Fsp3) is 0.353. The number of urea groups is 1. The molecule has 1 aromatic heterocycles. The van der Waals surface area contributed by atoms with Gasteiger partial charge in [-0.1, -0.05) is 12.1 Å². The van der Waals surface area contributed by atoms with Crippen LogP contribution in [0, 0.1) is 0 Å². The number of carbonyl (C=O) groups is 1. The molecule has 0 spiro atoms. The SMILES string of the molecule is CC(O)(CNC(=O)NCCCc1ccc(O)cc1)c1ccsc1. The summed E-state index contributed by atoms with van der Waals surface area (Å²) in [4.78, 5) is 11.8. The van der Waals surface area contributed by atoms with Gasteiger partial charge in [0.15, 0.2) is 0 Å². The van der Waals surface area contributed by atoms with Gasteiger partial charge in [0.25, 0.3) is 0 Å². The monoisotopic (exact) mass is 334 g/mol. The van der Waals surface area contributed by atoms with Crippen molar-refractivity contribution in [2.75, 3.05) is 13.1 Å². The summed E-state index contributed by atoms with van der Waals surface area (Å²) in [5.74, 6) is 0.254. The topological polar surface area (TPSA) is 81.6 Å². The molecule has 2 aromatic rings. The Kier molecular flexibility index (Phi) is 6.01. The number of phenols is 1. The van der Waals surface area contributed by atoms with Crippen LogP contribution in [0.5, 0.6) is 5.75 Å². The molecule has 1 aromatic carbocycles. The molecule has 2 rings (SSSR count). The fourth-order valence-corrected chi connectivity index (χ4v) is 2.93.